The number of amides is 1. The van der Waals surface area contributed by atoms with Crippen LogP contribution in [0.15, 0.2) is 0 Å². The summed E-state index contributed by atoms with van der Waals surface area (Å²) in [6, 6.07) is 0. The fourth-order valence-electron chi connectivity index (χ4n) is 2.18. The molecule has 1 heterocycles. The molecular weight excluding hydrogens is 289 g/mol. The molecule has 1 fully saturated rings. The molecule has 122 valence electrons. The highest BCUT2D eigenvalue weighted by atomic mass is 19.4. The van der Waals surface area contributed by atoms with Gasteiger partial charge in [0.25, 0.3) is 0 Å². The van der Waals surface area contributed by atoms with Crippen LogP contribution < -0.4 is 5.73 Å². The van der Waals surface area contributed by atoms with E-state index in [1.165, 1.54) is 0 Å². The molecule has 0 aromatic heterocycles. The number of carboxylic acids is 1. The second-order valence-corrected chi connectivity index (χ2v) is 6.71. The van der Waals surface area contributed by atoms with E-state index in [2.05, 4.69) is 0 Å². The zero-order valence-corrected chi connectivity index (χ0v) is 12.5. The summed E-state index contributed by atoms with van der Waals surface area (Å²) >= 11 is 0. The van der Waals surface area contributed by atoms with Crippen molar-refractivity contribution in [2.75, 3.05) is 13.1 Å². The third kappa shape index (κ3) is 2.73. The minimum absolute atomic E-state index is 0.246. The van der Waals surface area contributed by atoms with Gasteiger partial charge in [-0.1, -0.05) is 0 Å². The van der Waals surface area contributed by atoms with Crippen molar-refractivity contribution < 1.29 is 27.9 Å². The Balaban J connectivity index is 3.07. The highest BCUT2D eigenvalue weighted by Gasteiger charge is 2.65. The van der Waals surface area contributed by atoms with E-state index in [1.54, 1.807) is 27.7 Å². The number of halogens is 3. The molecule has 0 aromatic carbocycles. The minimum atomic E-state index is -4.91. The normalized spacial score (nSPS) is 24.3. The maximum absolute atomic E-state index is 13.1. The highest BCUT2D eigenvalue weighted by molar-refractivity contribution is 5.85. The Bertz CT molecular complexity index is 455. The fourth-order valence-corrected chi connectivity index (χ4v) is 2.18. The molecule has 1 saturated heterocycles. The maximum atomic E-state index is 13.1. The average Bonchev–Trinajstić information content (AvgIpc) is 2.71. The first-order valence-electron chi connectivity index (χ1n) is 6.55. The number of carboxylic acid groups (broad SMARTS) is 1. The van der Waals surface area contributed by atoms with E-state index in [0.29, 0.717) is 0 Å². The molecule has 1 amide bonds. The molecule has 21 heavy (non-hydrogen) atoms. The Morgan fingerprint density at radius 2 is 1.67 bits per heavy atom. The first-order valence-corrected chi connectivity index (χ1v) is 6.55. The van der Waals surface area contributed by atoms with Crippen LogP contribution in [-0.2, 0) is 9.59 Å². The molecule has 0 bridgehead atoms. The number of hydrogen-bond donors (Lipinski definition) is 2. The van der Waals surface area contributed by atoms with Crippen molar-refractivity contribution in [3.63, 3.8) is 0 Å². The summed E-state index contributed by atoms with van der Waals surface area (Å²) in [5.41, 5.74) is 0.966. The molecule has 1 aliphatic heterocycles. The number of alkyl halides is 3. The van der Waals surface area contributed by atoms with Crippen molar-refractivity contribution in [1.82, 2.24) is 4.90 Å². The zero-order chi connectivity index (χ0) is 16.9. The molecule has 0 aromatic rings. The van der Waals surface area contributed by atoms with Gasteiger partial charge in [-0.15, -0.1) is 0 Å². The SMILES string of the molecule is CC(C)(N)C(C)(C)C(=O)N1CCC(C(=O)O)(C(F)(F)F)C1. The van der Waals surface area contributed by atoms with E-state index in [4.69, 9.17) is 10.8 Å². The van der Waals surface area contributed by atoms with Crippen molar-refractivity contribution in [3.8, 4) is 0 Å². The van der Waals surface area contributed by atoms with Crippen molar-refractivity contribution in [3.05, 3.63) is 0 Å². The predicted molar refractivity (Wildman–Crippen MR) is 69.4 cm³/mol. The summed E-state index contributed by atoms with van der Waals surface area (Å²) in [7, 11) is 0. The molecule has 0 radical (unpaired) electrons. The lowest BCUT2D eigenvalue weighted by molar-refractivity contribution is -0.227. The van der Waals surface area contributed by atoms with Crippen molar-refractivity contribution >= 4 is 11.9 Å². The fraction of sp³-hybridized carbons (Fsp3) is 0.846. The van der Waals surface area contributed by atoms with Crippen molar-refractivity contribution in [1.29, 1.82) is 0 Å². The second-order valence-electron chi connectivity index (χ2n) is 6.71. The second kappa shape index (κ2) is 4.86. The molecule has 1 aliphatic rings. The number of hydrogen-bond acceptors (Lipinski definition) is 3. The highest BCUT2D eigenvalue weighted by Crippen LogP contribution is 2.47. The van der Waals surface area contributed by atoms with Gasteiger partial charge in [-0.2, -0.15) is 13.2 Å². The van der Waals surface area contributed by atoms with Gasteiger partial charge in [0.15, 0.2) is 5.41 Å². The predicted octanol–water partition coefficient (Wildman–Crippen LogP) is 1.62. The smallest absolute Gasteiger partial charge is 0.406 e. The van der Waals surface area contributed by atoms with Crippen LogP contribution in [-0.4, -0.2) is 46.7 Å². The van der Waals surface area contributed by atoms with Crippen molar-refractivity contribution in [2.24, 2.45) is 16.6 Å². The topological polar surface area (TPSA) is 83.6 Å². The van der Waals surface area contributed by atoms with Gasteiger partial charge in [-0.3, -0.25) is 9.59 Å². The Morgan fingerprint density at radius 1 is 1.19 bits per heavy atom. The maximum Gasteiger partial charge on any atom is 0.406 e. The number of nitrogens with two attached hydrogens (primary N) is 1. The molecule has 1 rings (SSSR count). The van der Waals surface area contributed by atoms with Gasteiger partial charge < -0.3 is 15.7 Å². The lowest BCUT2D eigenvalue weighted by Gasteiger charge is -2.40. The van der Waals surface area contributed by atoms with Gasteiger partial charge >= 0.3 is 12.1 Å². The van der Waals surface area contributed by atoms with Crippen LogP contribution >= 0.6 is 0 Å². The average molecular weight is 310 g/mol. The van der Waals surface area contributed by atoms with E-state index in [0.717, 1.165) is 4.90 Å². The van der Waals surface area contributed by atoms with Gasteiger partial charge in [0.05, 0.1) is 5.41 Å². The van der Waals surface area contributed by atoms with E-state index in [-0.39, 0.29) is 6.54 Å². The van der Waals surface area contributed by atoms with Crippen LogP contribution in [0.2, 0.25) is 0 Å². The van der Waals surface area contributed by atoms with Crippen LogP contribution in [0.4, 0.5) is 13.2 Å². The molecule has 1 unspecified atom stereocenters. The summed E-state index contributed by atoms with van der Waals surface area (Å²) in [4.78, 5) is 24.5. The van der Waals surface area contributed by atoms with Crippen LogP contribution in [0.1, 0.15) is 34.1 Å². The summed E-state index contributed by atoms with van der Waals surface area (Å²) in [5.74, 6) is -2.52. The lowest BCUT2D eigenvalue weighted by Crippen LogP contribution is -2.57. The summed E-state index contributed by atoms with van der Waals surface area (Å²) < 4.78 is 39.3. The van der Waals surface area contributed by atoms with Gasteiger partial charge in [0, 0.05) is 18.6 Å². The summed E-state index contributed by atoms with van der Waals surface area (Å²) in [6.07, 6.45) is -5.55. The van der Waals surface area contributed by atoms with Crippen LogP contribution in [0.25, 0.3) is 0 Å². The number of rotatable bonds is 3. The van der Waals surface area contributed by atoms with Crippen molar-refractivity contribution in [2.45, 2.75) is 45.8 Å². The number of carbonyl (C=O) groups excluding carboxylic acids is 1. The number of carbonyl (C=O) groups is 2. The van der Waals surface area contributed by atoms with Gasteiger partial charge in [-0.25, -0.2) is 0 Å². The first-order chi connectivity index (χ1) is 9.17. The van der Waals surface area contributed by atoms with E-state index in [9.17, 15) is 22.8 Å². The number of nitrogens with zero attached hydrogens (tertiary/aromatic N) is 1. The third-order valence-electron chi connectivity index (χ3n) is 4.65. The van der Waals surface area contributed by atoms with Crippen LogP contribution in [0, 0.1) is 10.8 Å². The van der Waals surface area contributed by atoms with Gasteiger partial charge in [0.2, 0.25) is 5.91 Å². The lowest BCUT2D eigenvalue weighted by atomic mass is 9.74. The standard InChI is InChI=1S/C13H21F3N2O3/c1-10(2,11(3,4)17)8(19)18-6-5-12(7-18,9(20)21)13(14,15)16/h5-7,17H2,1-4H3,(H,20,21). The molecular formula is C13H21F3N2O3. The van der Waals surface area contributed by atoms with Gasteiger partial charge in [-0.05, 0) is 34.1 Å². The number of likely N-dealkylation sites (tertiary alicyclic amines) is 1. The molecule has 8 heteroatoms. The monoisotopic (exact) mass is 310 g/mol. The van der Waals surface area contributed by atoms with E-state index >= 15 is 0 Å². The van der Waals surface area contributed by atoms with Gasteiger partial charge in [0.1, 0.15) is 0 Å². The minimum Gasteiger partial charge on any atom is -0.481 e. The Kier molecular flexibility index (Phi) is 4.11. The first kappa shape index (κ1) is 17.7. The van der Waals surface area contributed by atoms with E-state index in [1.807, 2.05) is 0 Å². The summed E-state index contributed by atoms with van der Waals surface area (Å²) in [6.45, 7) is 5.19. The molecule has 1 atom stereocenters. The largest absolute Gasteiger partial charge is 0.481 e. The molecule has 0 saturated carbocycles. The molecule has 0 aliphatic carbocycles. The molecule has 0 spiro atoms. The van der Waals surface area contributed by atoms with Crippen LogP contribution in [0.3, 0.4) is 0 Å². The Labute approximate surface area is 121 Å². The van der Waals surface area contributed by atoms with Crippen LogP contribution in [0.5, 0.6) is 0 Å². The third-order valence-corrected chi connectivity index (χ3v) is 4.65. The quantitative estimate of drug-likeness (QED) is 0.829. The molecule has 3 N–H and O–H groups in total. The summed E-state index contributed by atoms with van der Waals surface area (Å²) in [5, 5.41) is 8.98. The number of aliphatic carboxylic acids is 1. The Morgan fingerprint density at radius 3 is 1.95 bits per heavy atom. The zero-order valence-electron chi connectivity index (χ0n) is 12.5. The molecule has 5 nitrogen and oxygen atoms in total. The van der Waals surface area contributed by atoms with E-state index < -0.39 is 47.4 Å². The Hall–Kier alpha value is -1.31.